The Labute approximate surface area is 364 Å². The quantitative estimate of drug-likeness (QED) is 0.0761. The van der Waals surface area contributed by atoms with Crippen molar-refractivity contribution in [3.05, 3.63) is 188 Å². The molecular weight excluding hydrogens is 803 g/mol. The van der Waals surface area contributed by atoms with Crippen molar-refractivity contribution in [2.75, 3.05) is 40.6 Å². The highest BCUT2D eigenvalue weighted by Gasteiger charge is 2.71. The summed E-state index contributed by atoms with van der Waals surface area (Å²) in [4.78, 5) is 41.3. The van der Waals surface area contributed by atoms with Crippen LogP contribution in [0.25, 0.3) is 11.1 Å². The Hall–Kier alpha value is -6.51. The minimum absolute atomic E-state index is 0.0718. The van der Waals surface area contributed by atoms with Gasteiger partial charge in [-0.2, -0.15) is 0 Å². The largest absolute Gasteiger partial charge is 0.497 e. The fourth-order valence-electron chi connectivity index (χ4n) is 9.54. The van der Waals surface area contributed by atoms with Crippen molar-refractivity contribution in [2.45, 2.75) is 54.8 Å². The number of hydrogen-bond donors (Lipinski definition) is 3. The van der Waals surface area contributed by atoms with Crippen molar-refractivity contribution in [1.82, 2.24) is 14.9 Å². The highest BCUT2D eigenvalue weighted by molar-refractivity contribution is 5.79. The number of rotatable bonds is 15. The van der Waals surface area contributed by atoms with Gasteiger partial charge in [0.2, 0.25) is 0 Å². The zero-order valence-electron chi connectivity index (χ0n) is 35.2. The number of H-pyrrole nitrogens is 1. The highest BCUT2D eigenvalue weighted by atomic mass is 16.7. The Bertz CT molecular complexity index is 2630. The standard InChI is InChI=1S/C50H49N3O10/c1-32-28-53(46(55)52-44(32)54)45-43-49(57,26-11-27-51-47(56)60-29-42-40-16-9-7-14-38(40)39-15-8-10-17-41(39)42)48(63-45,30-61-43)31-62-50(33-12-5-4-6-13-33,34-18-22-36(58-2)23-19-34)35-20-24-37(59-3)25-21-35/h4-10,12-25,28,42-43,45,57H,11,26-27,29-31H2,1-3H3,(H,51,56)(H,52,54,55)/t43-,45+,48+,49-/m0/s1. The zero-order chi connectivity index (χ0) is 43.8. The molecule has 0 saturated carbocycles. The second-order valence-electron chi connectivity index (χ2n) is 16.3. The SMILES string of the molecule is COc1ccc(C(OC[C@@]23CO[C@@H]([C@H](n4cc(C)c(=O)[nH]c4=O)O2)[C@@]3(O)CCCNC(=O)OCC2c3ccccc3-c3ccccc32)(c2ccccc2)c2ccc(OC)cc2)cc1. The molecule has 3 heterocycles. The molecule has 1 aromatic heterocycles. The predicted molar refractivity (Wildman–Crippen MR) is 234 cm³/mol. The van der Waals surface area contributed by atoms with Crippen LogP contribution in [0.5, 0.6) is 11.5 Å². The molecule has 3 aliphatic rings. The first-order chi connectivity index (χ1) is 30.6. The Morgan fingerprint density at radius 1 is 0.825 bits per heavy atom. The maximum Gasteiger partial charge on any atom is 0.407 e. The topological polar surface area (TPSA) is 160 Å². The van der Waals surface area contributed by atoms with Crippen LogP contribution in [0.3, 0.4) is 0 Å². The number of fused-ring (bicyclic) bond motifs is 5. The molecule has 0 unspecified atom stereocenters. The number of carbonyl (C=O) groups is 1. The first-order valence-electron chi connectivity index (χ1n) is 21.0. The van der Waals surface area contributed by atoms with Crippen molar-refractivity contribution >= 4 is 6.09 Å². The average Bonchev–Trinajstić information content (AvgIpc) is 3.88. The molecular formula is C50H49N3O10. The summed E-state index contributed by atoms with van der Waals surface area (Å²) in [5.41, 5.74) is 1.32. The number of alkyl carbamates (subject to hydrolysis) is 1. The van der Waals surface area contributed by atoms with Crippen molar-refractivity contribution in [3.8, 4) is 22.6 Å². The molecule has 13 heteroatoms. The number of hydrogen-bond acceptors (Lipinski definition) is 10. The molecule has 4 atom stereocenters. The summed E-state index contributed by atoms with van der Waals surface area (Å²) in [6.07, 6.45) is -0.971. The van der Waals surface area contributed by atoms with E-state index in [0.29, 0.717) is 17.9 Å². The van der Waals surface area contributed by atoms with E-state index in [1.165, 1.54) is 10.8 Å². The third-order valence-corrected chi connectivity index (χ3v) is 12.8. The number of carbonyl (C=O) groups excluding carboxylic acids is 1. The van der Waals surface area contributed by atoms with E-state index in [9.17, 15) is 19.5 Å². The Morgan fingerprint density at radius 2 is 1.40 bits per heavy atom. The van der Waals surface area contributed by atoms with E-state index in [1.54, 1.807) is 21.1 Å². The van der Waals surface area contributed by atoms with E-state index < -0.39 is 46.5 Å². The van der Waals surface area contributed by atoms with Crippen LogP contribution in [0.1, 0.15) is 58.4 Å². The molecule has 2 bridgehead atoms. The fraction of sp³-hybridized carbons (Fsp3) is 0.300. The Balaban J connectivity index is 1.00. The van der Waals surface area contributed by atoms with E-state index in [-0.39, 0.29) is 44.3 Å². The van der Waals surface area contributed by atoms with E-state index >= 15 is 0 Å². The molecule has 63 heavy (non-hydrogen) atoms. The summed E-state index contributed by atoms with van der Waals surface area (Å²) in [6, 6.07) is 41.2. The number of aromatic nitrogens is 2. The zero-order valence-corrected chi connectivity index (χ0v) is 35.2. The normalized spacial score (nSPS) is 21.1. The molecule has 1 aliphatic carbocycles. The second-order valence-corrected chi connectivity index (χ2v) is 16.3. The van der Waals surface area contributed by atoms with Crippen LogP contribution >= 0.6 is 0 Å². The molecule has 3 N–H and O–H groups in total. The van der Waals surface area contributed by atoms with Crippen molar-refractivity contribution < 1.29 is 38.3 Å². The average molecular weight is 852 g/mol. The fourth-order valence-corrected chi connectivity index (χ4v) is 9.54. The molecule has 324 valence electrons. The van der Waals surface area contributed by atoms with Gasteiger partial charge < -0.3 is 38.8 Å². The lowest BCUT2D eigenvalue weighted by molar-refractivity contribution is -0.211. The minimum atomic E-state index is -1.74. The minimum Gasteiger partial charge on any atom is -0.497 e. The van der Waals surface area contributed by atoms with E-state index in [2.05, 4.69) is 34.6 Å². The van der Waals surface area contributed by atoms with E-state index in [0.717, 1.165) is 38.9 Å². The molecule has 0 radical (unpaired) electrons. The van der Waals surface area contributed by atoms with Crippen LogP contribution < -0.4 is 26.0 Å². The van der Waals surface area contributed by atoms with Crippen LogP contribution in [0, 0.1) is 6.92 Å². The summed E-state index contributed by atoms with van der Waals surface area (Å²) in [6.45, 7) is 1.63. The van der Waals surface area contributed by atoms with Gasteiger partial charge in [-0.3, -0.25) is 14.3 Å². The molecule has 2 fully saturated rings. The number of ether oxygens (including phenoxy) is 6. The second kappa shape index (κ2) is 17.0. The number of aryl methyl sites for hydroxylation is 1. The number of nitrogens with zero attached hydrogens (tertiary/aromatic N) is 1. The van der Waals surface area contributed by atoms with Gasteiger partial charge in [-0.05, 0) is 83.0 Å². The summed E-state index contributed by atoms with van der Waals surface area (Å²) in [5, 5.41) is 15.9. The third kappa shape index (κ3) is 7.30. The summed E-state index contributed by atoms with van der Waals surface area (Å²) < 4.78 is 38.6. The highest BCUT2D eigenvalue weighted by Crippen LogP contribution is 2.55. The number of methoxy groups -OCH3 is 2. The molecule has 6 aromatic rings. The van der Waals surface area contributed by atoms with Crippen LogP contribution in [0.4, 0.5) is 4.79 Å². The lowest BCUT2D eigenvalue weighted by Gasteiger charge is -2.42. The molecule has 0 spiro atoms. The predicted octanol–water partition coefficient (Wildman–Crippen LogP) is 6.59. The van der Waals surface area contributed by atoms with Gasteiger partial charge in [0.15, 0.2) is 6.23 Å². The van der Waals surface area contributed by atoms with Gasteiger partial charge in [0, 0.05) is 24.2 Å². The van der Waals surface area contributed by atoms with Crippen LogP contribution in [0.2, 0.25) is 0 Å². The number of aromatic amines is 1. The third-order valence-electron chi connectivity index (χ3n) is 12.8. The number of benzene rings is 5. The molecule has 2 aliphatic heterocycles. The number of aliphatic hydroxyl groups is 1. The van der Waals surface area contributed by atoms with Gasteiger partial charge in [0.1, 0.15) is 41.0 Å². The lowest BCUT2D eigenvalue weighted by atomic mass is 9.78. The molecule has 2 saturated heterocycles. The van der Waals surface area contributed by atoms with Crippen LogP contribution in [-0.2, 0) is 24.5 Å². The Morgan fingerprint density at radius 3 is 2.00 bits per heavy atom. The smallest absolute Gasteiger partial charge is 0.407 e. The summed E-state index contributed by atoms with van der Waals surface area (Å²) >= 11 is 0. The van der Waals surface area contributed by atoms with Gasteiger partial charge in [0.25, 0.3) is 5.56 Å². The first-order valence-corrected chi connectivity index (χ1v) is 21.0. The van der Waals surface area contributed by atoms with Gasteiger partial charge in [-0.25, -0.2) is 9.59 Å². The maximum absolute atomic E-state index is 13.4. The molecule has 1 amide bonds. The van der Waals surface area contributed by atoms with Crippen molar-refractivity contribution in [2.24, 2.45) is 0 Å². The molecule has 9 rings (SSSR count). The van der Waals surface area contributed by atoms with E-state index in [4.69, 9.17) is 28.4 Å². The van der Waals surface area contributed by atoms with Gasteiger partial charge in [-0.1, -0.05) is 103 Å². The summed E-state index contributed by atoms with van der Waals surface area (Å²) in [7, 11) is 3.21. The van der Waals surface area contributed by atoms with Crippen molar-refractivity contribution in [3.63, 3.8) is 0 Å². The monoisotopic (exact) mass is 851 g/mol. The Kier molecular flexibility index (Phi) is 11.3. The number of nitrogens with one attached hydrogen (secondary N) is 2. The van der Waals surface area contributed by atoms with Gasteiger partial charge in [0.05, 0.1) is 27.4 Å². The number of amides is 1. The lowest BCUT2D eigenvalue weighted by Crippen LogP contribution is -2.56. The van der Waals surface area contributed by atoms with Gasteiger partial charge >= 0.3 is 11.8 Å². The van der Waals surface area contributed by atoms with Gasteiger partial charge in [-0.15, -0.1) is 0 Å². The van der Waals surface area contributed by atoms with Crippen LogP contribution in [0.15, 0.2) is 143 Å². The van der Waals surface area contributed by atoms with Crippen LogP contribution in [-0.4, -0.2) is 78.6 Å². The maximum atomic E-state index is 13.4. The summed E-state index contributed by atoms with van der Waals surface area (Å²) in [5.74, 6) is 1.22. The first kappa shape index (κ1) is 41.8. The molecule has 13 nitrogen and oxygen atoms in total. The molecule has 5 aromatic carbocycles. The van der Waals surface area contributed by atoms with E-state index in [1.807, 2.05) is 103 Å². The van der Waals surface area contributed by atoms with Crippen molar-refractivity contribution in [1.29, 1.82) is 0 Å².